The van der Waals surface area contributed by atoms with Crippen LogP contribution in [-0.4, -0.2) is 11.9 Å². The van der Waals surface area contributed by atoms with Crippen LogP contribution in [0.25, 0.3) is 0 Å². The number of nitrogens with one attached hydrogen (secondary N) is 1. The third-order valence-electron chi connectivity index (χ3n) is 4.55. The fourth-order valence-electron chi connectivity index (χ4n) is 3.27. The van der Waals surface area contributed by atoms with Gasteiger partial charge in [-0.25, -0.2) is 0 Å². The molecule has 1 aromatic rings. The maximum Gasteiger partial charge on any atom is 0.248 e. The van der Waals surface area contributed by atoms with E-state index in [9.17, 15) is 4.79 Å². The van der Waals surface area contributed by atoms with E-state index in [1.807, 2.05) is 6.07 Å². The van der Waals surface area contributed by atoms with Crippen molar-refractivity contribution in [2.75, 3.05) is 0 Å². The molecule has 0 aromatic heterocycles. The first-order chi connectivity index (χ1) is 10.1. The lowest BCUT2D eigenvalue weighted by molar-refractivity contribution is 0.100. The van der Waals surface area contributed by atoms with Crippen LogP contribution in [-0.2, 0) is 6.54 Å². The predicted molar refractivity (Wildman–Crippen MR) is 87.5 cm³/mol. The zero-order valence-corrected chi connectivity index (χ0v) is 13.5. The summed E-state index contributed by atoms with van der Waals surface area (Å²) in [5.41, 5.74) is 6.75. The number of benzene rings is 1. The molecule has 21 heavy (non-hydrogen) atoms. The fourth-order valence-corrected chi connectivity index (χ4v) is 3.51. The first-order valence-corrected chi connectivity index (χ1v) is 8.31. The van der Waals surface area contributed by atoms with Crippen molar-refractivity contribution in [3.05, 3.63) is 34.3 Å². The van der Waals surface area contributed by atoms with Gasteiger partial charge in [0.15, 0.2) is 0 Å². The second-order valence-electron chi connectivity index (χ2n) is 5.96. The topological polar surface area (TPSA) is 55.1 Å². The molecule has 1 fully saturated rings. The Labute approximate surface area is 132 Å². The van der Waals surface area contributed by atoms with E-state index in [4.69, 9.17) is 17.3 Å². The Hall–Kier alpha value is -1.06. The molecule has 2 rings (SSSR count). The summed E-state index contributed by atoms with van der Waals surface area (Å²) in [4.78, 5) is 11.1. The molecule has 1 aliphatic rings. The van der Waals surface area contributed by atoms with E-state index in [1.165, 1.54) is 32.1 Å². The smallest absolute Gasteiger partial charge is 0.248 e. The molecular weight excluding hydrogens is 284 g/mol. The first kappa shape index (κ1) is 16.3. The van der Waals surface area contributed by atoms with Gasteiger partial charge in [0.25, 0.3) is 0 Å². The quantitative estimate of drug-likeness (QED) is 0.837. The van der Waals surface area contributed by atoms with E-state index in [2.05, 4.69) is 12.2 Å². The largest absolute Gasteiger partial charge is 0.366 e. The molecule has 1 aliphatic carbocycles. The van der Waals surface area contributed by atoms with Gasteiger partial charge in [0.1, 0.15) is 0 Å². The molecule has 116 valence electrons. The lowest BCUT2D eigenvalue weighted by atomic mass is 9.83. The minimum Gasteiger partial charge on any atom is -0.366 e. The van der Waals surface area contributed by atoms with Crippen LogP contribution in [0.4, 0.5) is 0 Å². The van der Waals surface area contributed by atoms with Crippen molar-refractivity contribution in [1.29, 1.82) is 0 Å². The zero-order valence-electron chi connectivity index (χ0n) is 12.7. The maximum atomic E-state index is 11.1. The van der Waals surface area contributed by atoms with Crippen molar-refractivity contribution in [3.8, 4) is 0 Å². The summed E-state index contributed by atoms with van der Waals surface area (Å²) >= 11 is 6.24. The van der Waals surface area contributed by atoms with Crippen molar-refractivity contribution in [3.63, 3.8) is 0 Å². The summed E-state index contributed by atoms with van der Waals surface area (Å²) in [6, 6.07) is 5.84. The third kappa shape index (κ3) is 4.45. The average molecular weight is 309 g/mol. The monoisotopic (exact) mass is 308 g/mol. The minimum atomic E-state index is -0.440. The van der Waals surface area contributed by atoms with Crippen molar-refractivity contribution < 1.29 is 4.79 Å². The molecule has 0 radical (unpaired) electrons. The number of carbonyl (C=O) groups excluding carboxylic acids is 1. The van der Waals surface area contributed by atoms with E-state index >= 15 is 0 Å². The molecule has 1 atom stereocenters. The van der Waals surface area contributed by atoms with Gasteiger partial charge >= 0.3 is 0 Å². The molecule has 0 saturated heterocycles. The van der Waals surface area contributed by atoms with Crippen LogP contribution in [0.3, 0.4) is 0 Å². The summed E-state index contributed by atoms with van der Waals surface area (Å²) in [6.45, 7) is 2.98. The van der Waals surface area contributed by atoms with Crippen LogP contribution in [0.1, 0.15) is 61.4 Å². The minimum absolute atomic E-state index is 0.440. The summed E-state index contributed by atoms with van der Waals surface area (Å²) in [5.74, 6) is 0.345. The number of halogens is 1. The maximum absolute atomic E-state index is 11.1. The van der Waals surface area contributed by atoms with E-state index < -0.39 is 5.91 Å². The Bertz CT molecular complexity index is 484. The van der Waals surface area contributed by atoms with Crippen LogP contribution >= 0.6 is 11.6 Å². The van der Waals surface area contributed by atoms with E-state index in [1.54, 1.807) is 12.1 Å². The number of hydrogen-bond donors (Lipinski definition) is 2. The van der Waals surface area contributed by atoms with Crippen molar-refractivity contribution in [2.45, 2.75) is 58.0 Å². The lowest BCUT2D eigenvalue weighted by Gasteiger charge is -2.30. The Morgan fingerprint density at radius 3 is 2.67 bits per heavy atom. The molecule has 0 bridgehead atoms. The summed E-state index contributed by atoms with van der Waals surface area (Å²) < 4.78 is 0. The molecule has 0 heterocycles. The second kappa shape index (κ2) is 7.81. The Morgan fingerprint density at radius 2 is 2.10 bits per heavy atom. The number of hydrogen-bond acceptors (Lipinski definition) is 2. The van der Waals surface area contributed by atoms with Crippen LogP contribution in [0.2, 0.25) is 5.02 Å². The van der Waals surface area contributed by atoms with Gasteiger partial charge < -0.3 is 11.1 Å². The molecule has 3 nitrogen and oxygen atoms in total. The van der Waals surface area contributed by atoms with Gasteiger partial charge in [-0.15, -0.1) is 0 Å². The third-order valence-corrected chi connectivity index (χ3v) is 4.90. The standard InChI is InChI=1S/C17H25ClN2O/c1-2-16(12-6-4-3-5-7-12)20-11-14-9-8-13(17(19)21)10-15(14)18/h8-10,12,16,20H,2-7,11H2,1H3,(H2,19,21). The molecule has 3 N–H and O–H groups in total. The molecule has 0 aliphatic heterocycles. The zero-order chi connectivity index (χ0) is 15.2. The number of amides is 1. The number of carbonyl (C=O) groups is 1. The van der Waals surface area contributed by atoms with Crippen LogP contribution in [0.5, 0.6) is 0 Å². The highest BCUT2D eigenvalue weighted by Crippen LogP contribution is 2.28. The fraction of sp³-hybridized carbons (Fsp3) is 0.588. The number of rotatable bonds is 6. The second-order valence-corrected chi connectivity index (χ2v) is 6.37. The van der Waals surface area contributed by atoms with Crippen LogP contribution < -0.4 is 11.1 Å². The summed E-state index contributed by atoms with van der Waals surface area (Å²) in [5, 5.41) is 4.25. The predicted octanol–water partition coefficient (Wildman–Crippen LogP) is 3.89. The van der Waals surface area contributed by atoms with Gasteiger partial charge in [-0.1, -0.05) is 43.9 Å². The van der Waals surface area contributed by atoms with E-state index in [0.29, 0.717) is 16.6 Å². The van der Waals surface area contributed by atoms with Crippen molar-refractivity contribution >= 4 is 17.5 Å². The van der Waals surface area contributed by atoms with Crippen LogP contribution in [0.15, 0.2) is 18.2 Å². The van der Waals surface area contributed by atoms with Crippen LogP contribution in [0, 0.1) is 5.92 Å². The van der Waals surface area contributed by atoms with E-state index in [0.717, 1.165) is 24.4 Å². The molecular formula is C17H25ClN2O. The van der Waals surface area contributed by atoms with Gasteiger partial charge in [-0.3, -0.25) is 4.79 Å². The summed E-state index contributed by atoms with van der Waals surface area (Å²) in [6.07, 6.45) is 7.91. The van der Waals surface area contributed by atoms with Crippen molar-refractivity contribution in [2.24, 2.45) is 11.7 Å². The van der Waals surface area contributed by atoms with Gasteiger partial charge in [0, 0.05) is 23.2 Å². The molecule has 1 aromatic carbocycles. The Balaban J connectivity index is 1.96. The summed E-state index contributed by atoms with van der Waals surface area (Å²) in [7, 11) is 0. The molecule has 1 amide bonds. The highest BCUT2D eigenvalue weighted by molar-refractivity contribution is 6.31. The highest BCUT2D eigenvalue weighted by atomic mass is 35.5. The highest BCUT2D eigenvalue weighted by Gasteiger charge is 2.21. The van der Waals surface area contributed by atoms with Gasteiger partial charge in [0.05, 0.1) is 0 Å². The normalized spacial score (nSPS) is 17.6. The van der Waals surface area contributed by atoms with Gasteiger partial charge in [-0.2, -0.15) is 0 Å². The number of primary amides is 1. The first-order valence-electron chi connectivity index (χ1n) is 7.93. The molecule has 0 spiro atoms. The average Bonchev–Trinajstić information content (AvgIpc) is 2.50. The van der Waals surface area contributed by atoms with Crippen molar-refractivity contribution in [1.82, 2.24) is 5.32 Å². The SMILES string of the molecule is CCC(NCc1ccc(C(N)=O)cc1Cl)C1CCCCC1. The lowest BCUT2D eigenvalue weighted by Crippen LogP contribution is -2.36. The van der Waals surface area contributed by atoms with Gasteiger partial charge in [-0.05, 0) is 42.9 Å². The van der Waals surface area contributed by atoms with Gasteiger partial charge in [0.2, 0.25) is 5.91 Å². The Kier molecular flexibility index (Phi) is 6.07. The molecule has 4 heteroatoms. The molecule has 1 unspecified atom stereocenters. The number of nitrogens with two attached hydrogens (primary N) is 1. The molecule has 1 saturated carbocycles. The van der Waals surface area contributed by atoms with E-state index in [-0.39, 0.29) is 0 Å². The Morgan fingerprint density at radius 1 is 1.38 bits per heavy atom.